The van der Waals surface area contributed by atoms with E-state index < -0.39 is 0 Å². The van der Waals surface area contributed by atoms with Crippen molar-refractivity contribution in [2.24, 2.45) is 0 Å². The molecule has 0 unspecified atom stereocenters. The third-order valence-electron chi connectivity index (χ3n) is 4.43. The Labute approximate surface area is 159 Å². The molecule has 5 nitrogen and oxygen atoms in total. The molecule has 0 atom stereocenters. The first kappa shape index (κ1) is 18.8. The molecule has 0 radical (unpaired) electrons. The van der Waals surface area contributed by atoms with Gasteiger partial charge in [0, 0.05) is 11.1 Å². The van der Waals surface area contributed by atoms with E-state index in [1.807, 2.05) is 36.4 Å². The van der Waals surface area contributed by atoms with Crippen LogP contribution >= 0.6 is 0 Å². The van der Waals surface area contributed by atoms with Crippen LogP contribution in [0.25, 0.3) is 11.5 Å². The lowest BCUT2D eigenvalue weighted by Crippen LogP contribution is -2.11. The van der Waals surface area contributed by atoms with E-state index in [-0.39, 0.29) is 12.4 Å². The van der Waals surface area contributed by atoms with E-state index in [0.717, 1.165) is 12.0 Å². The topological polar surface area (TPSA) is 65.2 Å². The average molecular weight is 364 g/mol. The fraction of sp³-hybridized carbons (Fsp3) is 0.318. The van der Waals surface area contributed by atoms with E-state index in [0.29, 0.717) is 17.2 Å². The third kappa shape index (κ3) is 5.51. The lowest BCUT2D eigenvalue weighted by Gasteiger charge is -2.07. The van der Waals surface area contributed by atoms with Gasteiger partial charge in [-0.25, -0.2) is 0 Å². The molecule has 0 fully saturated rings. The lowest BCUT2D eigenvalue weighted by atomic mass is 10.0. The number of benzene rings is 2. The molecular weight excluding hydrogens is 340 g/mol. The smallest absolute Gasteiger partial charge is 0.247 e. The molecule has 0 aliphatic rings. The molecular formula is C22H24N2O3. The first-order valence-corrected chi connectivity index (χ1v) is 9.38. The summed E-state index contributed by atoms with van der Waals surface area (Å²) in [5.41, 5.74) is 2.76. The summed E-state index contributed by atoms with van der Waals surface area (Å²) < 4.78 is 10.7. The van der Waals surface area contributed by atoms with Gasteiger partial charge in [0.2, 0.25) is 12.3 Å². The van der Waals surface area contributed by atoms with Crippen molar-refractivity contribution in [1.29, 1.82) is 0 Å². The van der Waals surface area contributed by atoms with Crippen LogP contribution in [0.5, 0.6) is 5.75 Å². The summed E-state index contributed by atoms with van der Waals surface area (Å²) in [5.74, 6) is 1.04. The standard InChI is InChI=1S/C22H24N2O3/c1-2-3-4-5-6-17-7-9-18(10-8-17)21(25)15-26-20-13-11-19(12-14-20)22-24-23-16-27-22/h7-14,16H,2-6,15H2,1H3. The maximum Gasteiger partial charge on any atom is 0.247 e. The normalized spacial score (nSPS) is 10.7. The lowest BCUT2D eigenvalue weighted by molar-refractivity contribution is 0.0921. The minimum atomic E-state index is -0.0338. The number of aromatic nitrogens is 2. The second-order valence-corrected chi connectivity index (χ2v) is 6.49. The van der Waals surface area contributed by atoms with Crippen LogP contribution in [0.4, 0.5) is 0 Å². The van der Waals surface area contributed by atoms with Crippen molar-refractivity contribution in [2.75, 3.05) is 6.61 Å². The van der Waals surface area contributed by atoms with Crippen molar-refractivity contribution in [3.63, 3.8) is 0 Å². The summed E-state index contributed by atoms with van der Waals surface area (Å²) in [4.78, 5) is 12.3. The van der Waals surface area contributed by atoms with Crippen molar-refractivity contribution in [1.82, 2.24) is 10.2 Å². The Kier molecular flexibility index (Phi) is 6.74. The zero-order valence-corrected chi connectivity index (χ0v) is 15.6. The highest BCUT2D eigenvalue weighted by Crippen LogP contribution is 2.20. The maximum absolute atomic E-state index is 12.3. The predicted octanol–water partition coefficient (Wildman–Crippen LogP) is 5.12. The van der Waals surface area contributed by atoms with E-state index in [2.05, 4.69) is 17.1 Å². The first-order chi connectivity index (χ1) is 13.3. The number of carbonyl (C=O) groups is 1. The van der Waals surface area contributed by atoms with Crippen LogP contribution in [0.2, 0.25) is 0 Å². The summed E-state index contributed by atoms with van der Waals surface area (Å²) in [6.45, 7) is 2.22. The van der Waals surface area contributed by atoms with Crippen molar-refractivity contribution >= 4 is 5.78 Å². The highest BCUT2D eigenvalue weighted by molar-refractivity contribution is 5.97. The van der Waals surface area contributed by atoms with Crippen LogP contribution in [0, 0.1) is 0 Å². The molecule has 0 N–H and O–H groups in total. The Bertz CT molecular complexity index is 825. The Morgan fingerprint density at radius 1 is 1.00 bits per heavy atom. The van der Waals surface area contributed by atoms with Gasteiger partial charge in [0.25, 0.3) is 0 Å². The van der Waals surface area contributed by atoms with Gasteiger partial charge in [-0.1, -0.05) is 50.5 Å². The van der Waals surface area contributed by atoms with Crippen molar-refractivity contribution < 1.29 is 13.9 Å². The molecule has 0 aliphatic heterocycles. The highest BCUT2D eigenvalue weighted by Gasteiger charge is 2.08. The molecule has 140 valence electrons. The van der Waals surface area contributed by atoms with Crippen molar-refractivity contribution in [2.45, 2.75) is 39.0 Å². The van der Waals surface area contributed by atoms with Gasteiger partial charge >= 0.3 is 0 Å². The zero-order valence-electron chi connectivity index (χ0n) is 15.6. The number of nitrogens with zero attached hydrogens (tertiary/aromatic N) is 2. The van der Waals surface area contributed by atoms with Crippen LogP contribution in [-0.2, 0) is 6.42 Å². The SMILES string of the molecule is CCCCCCc1ccc(C(=O)COc2ccc(-c3nnco3)cc2)cc1. The summed E-state index contributed by atoms with van der Waals surface area (Å²) in [6, 6.07) is 15.1. The molecule has 0 saturated carbocycles. The number of ketones is 1. The van der Waals surface area contributed by atoms with Crippen LogP contribution < -0.4 is 4.74 Å². The minimum absolute atomic E-state index is 0.00967. The second kappa shape index (κ2) is 9.67. The number of rotatable bonds is 10. The maximum atomic E-state index is 12.3. The van der Waals surface area contributed by atoms with Gasteiger partial charge < -0.3 is 9.15 Å². The average Bonchev–Trinajstić information content (AvgIpc) is 3.25. The quantitative estimate of drug-likeness (QED) is 0.369. The molecule has 1 heterocycles. The number of hydrogen-bond acceptors (Lipinski definition) is 5. The Morgan fingerprint density at radius 3 is 2.44 bits per heavy atom. The fourth-order valence-corrected chi connectivity index (χ4v) is 2.84. The number of aryl methyl sites for hydroxylation is 1. The number of hydrogen-bond donors (Lipinski definition) is 0. The number of carbonyl (C=O) groups excluding carboxylic acids is 1. The molecule has 5 heteroatoms. The molecule has 3 rings (SSSR count). The Hall–Kier alpha value is -2.95. The largest absolute Gasteiger partial charge is 0.485 e. The summed E-state index contributed by atoms with van der Waals surface area (Å²) >= 11 is 0. The predicted molar refractivity (Wildman–Crippen MR) is 104 cm³/mol. The second-order valence-electron chi connectivity index (χ2n) is 6.49. The molecule has 2 aromatic carbocycles. The van der Waals surface area contributed by atoms with Crippen molar-refractivity contribution in [3.8, 4) is 17.2 Å². The Morgan fingerprint density at radius 2 is 1.78 bits per heavy atom. The van der Waals surface area contributed by atoms with E-state index >= 15 is 0 Å². The van der Waals surface area contributed by atoms with Crippen LogP contribution in [0.3, 0.4) is 0 Å². The fourth-order valence-electron chi connectivity index (χ4n) is 2.84. The van der Waals surface area contributed by atoms with E-state index in [9.17, 15) is 4.79 Å². The molecule has 0 aliphatic carbocycles. The molecule has 0 bridgehead atoms. The van der Waals surface area contributed by atoms with E-state index in [1.54, 1.807) is 12.1 Å². The van der Waals surface area contributed by atoms with Gasteiger partial charge in [0.1, 0.15) is 5.75 Å². The molecule has 3 aromatic rings. The van der Waals surface area contributed by atoms with Gasteiger partial charge in [-0.15, -0.1) is 10.2 Å². The number of Topliss-reactive ketones (excluding diaryl/α,β-unsaturated/α-hetero) is 1. The zero-order chi connectivity index (χ0) is 18.9. The highest BCUT2D eigenvalue weighted by atomic mass is 16.5. The summed E-state index contributed by atoms with van der Waals surface area (Å²) in [5, 5.41) is 7.51. The van der Waals surface area contributed by atoms with Gasteiger partial charge in [-0.2, -0.15) is 0 Å². The molecule has 0 amide bonds. The summed E-state index contributed by atoms with van der Waals surface area (Å²) in [6.07, 6.45) is 7.34. The van der Waals surface area contributed by atoms with Crippen LogP contribution in [0.1, 0.15) is 48.5 Å². The molecule has 27 heavy (non-hydrogen) atoms. The van der Waals surface area contributed by atoms with Gasteiger partial charge in [0.15, 0.2) is 12.4 Å². The monoisotopic (exact) mass is 364 g/mol. The summed E-state index contributed by atoms with van der Waals surface area (Å²) in [7, 11) is 0. The van der Waals surface area contributed by atoms with E-state index in [4.69, 9.17) is 9.15 Å². The van der Waals surface area contributed by atoms with Crippen molar-refractivity contribution in [3.05, 3.63) is 66.1 Å². The van der Waals surface area contributed by atoms with E-state index in [1.165, 1.54) is 37.6 Å². The first-order valence-electron chi connectivity index (χ1n) is 9.38. The molecule has 1 aromatic heterocycles. The van der Waals surface area contributed by atoms with Gasteiger partial charge in [-0.05, 0) is 42.7 Å². The molecule has 0 spiro atoms. The van der Waals surface area contributed by atoms with Gasteiger partial charge in [-0.3, -0.25) is 4.79 Å². The minimum Gasteiger partial charge on any atom is -0.485 e. The third-order valence-corrected chi connectivity index (χ3v) is 4.43. The van der Waals surface area contributed by atoms with Gasteiger partial charge in [0.05, 0.1) is 0 Å². The van der Waals surface area contributed by atoms with Crippen LogP contribution in [0.15, 0.2) is 59.3 Å². The molecule has 0 saturated heterocycles. The Balaban J connectivity index is 1.48. The number of unbranched alkanes of at least 4 members (excludes halogenated alkanes) is 3. The number of ether oxygens (including phenoxy) is 1. The van der Waals surface area contributed by atoms with Crippen LogP contribution in [-0.4, -0.2) is 22.6 Å².